The third-order valence-corrected chi connectivity index (χ3v) is 3.84. The lowest BCUT2D eigenvalue weighted by Crippen LogP contribution is -2.50. The van der Waals surface area contributed by atoms with Crippen molar-refractivity contribution in [2.45, 2.75) is 13.8 Å². The quantitative estimate of drug-likeness (QED) is 0.912. The molecule has 3 rings (SSSR count). The van der Waals surface area contributed by atoms with Gasteiger partial charge in [0.2, 0.25) is 5.91 Å². The lowest BCUT2D eigenvalue weighted by Gasteiger charge is -2.36. The van der Waals surface area contributed by atoms with E-state index in [-0.39, 0.29) is 13.3 Å². The maximum absolute atomic E-state index is 12.0. The van der Waals surface area contributed by atoms with Gasteiger partial charge in [0.15, 0.2) is 5.82 Å². The Hall–Kier alpha value is -2.04. The molecule has 0 unspecified atom stereocenters. The van der Waals surface area contributed by atoms with Gasteiger partial charge in [-0.15, -0.1) is 0 Å². The molecule has 0 atom stereocenters. The first-order valence-electron chi connectivity index (χ1n) is 7.12. The number of fused-ring (bicyclic) bond motifs is 1. The van der Waals surface area contributed by atoms with Crippen LogP contribution in [0.2, 0.25) is 0 Å². The van der Waals surface area contributed by atoms with Crippen molar-refractivity contribution < 1.29 is 6.22 Å². The summed E-state index contributed by atoms with van der Waals surface area (Å²) in [6.45, 7) is 7.13. The van der Waals surface area contributed by atoms with Gasteiger partial charge >= 0.3 is 0 Å². The first kappa shape index (κ1) is 13.0. The number of rotatable bonds is 2. The van der Waals surface area contributed by atoms with Crippen LogP contribution in [0.3, 0.4) is 0 Å². The largest absolute Gasteiger partial charge is 0.358 e. The van der Waals surface area contributed by atoms with Crippen LogP contribution in [0.1, 0.15) is 15.3 Å². The molecule has 20 heavy (non-hydrogen) atoms. The lowest BCUT2D eigenvalue weighted by molar-refractivity contribution is -0.134. The number of nitrogens with one attached hydrogen (secondary N) is 1. The number of nitrogens with zero attached hydrogens (tertiary/aromatic N) is 3. The Bertz CT molecular complexity index is 617. The molecular weight excluding hydrogens is 252 g/mol. The van der Waals surface area contributed by atoms with E-state index in [9.17, 15) is 4.79 Å². The topological polar surface area (TPSA) is 52.2 Å². The lowest BCUT2D eigenvalue weighted by atomic mass is 10.1. The van der Waals surface area contributed by atoms with Gasteiger partial charge in [-0.25, -0.2) is 4.98 Å². The molecule has 1 N–H and O–H groups in total. The van der Waals surface area contributed by atoms with Gasteiger partial charge in [0.1, 0.15) is 0 Å². The Balaban J connectivity index is 0.00000161. The normalized spacial score (nSPS) is 16.1. The highest BCUT2D eigenvalue weighted by Crippen LogP contribution is 2.23. The summed E-state index contributed by atoms with van der Waals surface area (Å²) in [5.41, 5.74) is 1.08. The molecule has 0 bridgehead atoms. The van der Waals surface area contributed by atoms with Crippen molar-refractivity contribution in [1.29, 1.82) is 0 Å². The molecule has 108 valence electrons. The van der Waals surface area contributed by atoms with Crippen LogP contribution in [0.25, 0.3) is 10.9 Å². The highest BCUT2D eigenvalue weighted by atomic mass is 16.2. The maximum atomic E-state index is 12.0. The SMILES string of the molecule is CC(C)C(=O)N1CCN(c2nccc3cc[nH]c23)CC1.[HH]. The molecule has 1 aliphatic rings. The summed E-state index contributed by atoms with van der Waals surface area (Å²) >= 11 is 0. The minimum atomic E-state index is 0. The summed E-state index contributed by atoms with van der Waals surface area (Å²) in [5.74, 6) is 1.31. The van der Waals surface area contributed by atoms with Crippen LogP contribution in [0.4, 0.5) is 5.82 Å². The minimum absolute atomic E-state index is 0. The Labute approximate surface area is 120 Å². The van der Waals surface area contributed by atoms with E-state index in [1.807, 2.05) is 37.2 Å². The number of aromatic nitrogens is 2. The summed E-state index contributed by atoms with van der Waals surface area (Å²) in [5, 5.41) is 1.18. The van der Waals surface area contributed by atoms with Gasteiger partial charge in [0, 0.05) is 51.3 Å². The molecule has 0 saturated carbocycles. The summed E-state index contributed by atoms with van der Waals surface area (Å²) in [4.78, 5) is 24.0. The Morgan fingerprint density at radius 1 is 1.30 bits per heavy atom. The van der Waals surface area contributed by atoms with Crippen LogP contribution in [0, 0.1) is 5.92 Å². The van der Waals surface area contributed by atoms with E-state index in [2.05, 4.69) is 20.9 Å². The molecule has 1 amide bonds. The van der Waals surface area contributed by atoms with Crippen molar-refractivity contribution >= 4 is 22.6 Å². The average molecular weight is 274 g/mol. The van der Waals surface area contributed by atoms with Crippen molar-refractivity contribution in [2.75, 3.05) is 31.1 Å². The second-order valence-corrected chi connectivity index (χ2v) is 5.54. The van der Waals surface area contributed by atoms with Crippen LogP contribution in [0.15, 0.2) is 24.5 Å². The number of anilines is 1. The van der Waals surface area contributed by atoms with E-state index in [0.29, 0.717) is 0 Å². The monoisotopic (exact) mass is 274 g/mol. The fourth-order valence-corrected chi connectivity index (χ4v) is 2.71. The van der Waals surface area contributed by atoms with E-state index in [1.54, 1.807) is 0 Å². The van der Waals surface area contributed by atoms with Crippen molar-refractivity contribution in [2.24, 2.45) is 5.92 Å². The van der Waals surface area contributed by atoms with E-state index in [0.717, 1.165) is 37.5 Å². The molecule has 0 aromatic carbocycles. The summed E-state index contributed by atoms with van der Waals surface area (Å²) < 4.78 is 0. The van der Waals surface area contributed by atoms with Crippen LogP contribution >= 0.6 is 0 Å². The van der Waals surface area contributed by atoms with Crippen LogP contribution in [-0.4, -0.2) is 47.0 Å². The van der Waals surface area contributed by atoms with E-state index in [4.69, 9.17) is 0 Å². The first-order chi connectivity index (χ1) is 9.66. The number of hydrogen-bond donors (Lipinski definition) is 1. The minimum Gasteiger partial charge on any atom is -0.358 e. The smallest absolute Gasteiger partial charge is 0.225 e. The van der Waals surface area contributed by atoms with Crippen LogP contribution < -0.4 is 4.90 Å². The Morgan fingerprint density at radius 2 is 2.05 bits per heavy atom. The summed E-state index contributed by atoms with van der Waals surface area (Å²) in [7, 11) is 0. The highest BCUT2D eigenvalue weighted by Gasteiger charge is 2.24. The molecule has 1 aliphatic heterocycles. The van der Waals surface area contributed by atoms with Gasteiger partial charge in [0.05, 0.1) is 5.52 Å². The van der Waals surface area contributed by atoms with Crippen molar-refractivity contribution in [3.8, 4) is 0 Å². The molecular formula is C15H22N4O. The van der Waals surface area contributed by atoms with E-state index >= 15 is 0 Å². The fourth-order valence-electron chi connectivity index (χ4n) is 2.71. The zero-order valence-corrected chi connectivity index (χ0v) is 12.0. The second-order valence-electron chi connectivity index (χ2n) is 5.54. The van der Waals surface area contributed by atoms with E-state index in [1.165, 1.54) is 5.39 Å². The predicted octanol–water partition coefficient (Wildman–Crippen LogP) is 2.11. The summed E-state index contributed by atoms with van der Waals surface area (Å²) in [6, 6.07) is 4.06. The fraction of sp³-hybridized carbons (Fsp3) is 0.467. The summed E-state index contributed by atoms with van der Waals surface area (Å²) in [6.07, 6.45) is 3.78. The number of piperazine rings is 1. The van der Waals surface area contributed by atoms with Crippen molar-refractivity contribution in [3.63, 3.8) is 0 Å². The van der Waals surface area contributed by atoms with Crippen LogP contribution in [0.5, 0.6) is 0 Å². The standard InChI is InChI=1S/C15H20N4O.H2/c1-11(2)15(20)19-9-7-18(8-10-19)14-13-12(3-5-16-13)4-6-17-14;/h3-6,11,16H,7-10H2,1-2H3;1H. The molecule has 0 radical (unpaired) electrons. The number of amides is 1. The van der Waals surface area contributed by atoms with Crippen LogP contribution in [-0.2, 0) is 4.79 Å². The van der Waals surface area contributed by atoms with Gasteiger partial charge in [0.25, 0.3) is 0 Å². The molecule has 0 aliphatic carbocycles. The van der Waals surface area contributed by atoms with Crippen molar-refractivity contribution in [3.05, 3.63) is 24.5 Å². The average Bonchev–Trinajstić information content (AvgIpc) is 2.95. The van der Waals surface area contributed by atoms with Gasteiger partial charge < -0.3 is 14.8 Å². The van der Waals surface area contributed by atoms with Crippen molar-refractivity contribution in [1.82, 2.24) is 14.9 Å². The van der Waals surface area contributed by atoms with Gasteiger partial charge in [-0.05, 0) is 12.1 Å². The molecule has 1 saturated heterocycles. The zero-order chi connectivity index (χ0) is 14.1. The third kappa shape index (κ3) is 2.24. The Kier molecular flexibility index (Phi) is 3.34. The van der Waals surface area contributed by atoms with Gasteiger partial charge in [-0.3, -0.25) is 4.79 Å². The van der Waals surface area contributed by atoms with Gasteiger partial charge in [-0.2, -0.15) is 0 Å². The Morgan fingerprint density at radius 3 is 2.75 bits per heavy atom. The molecule has 3 heterocycles. The molecule has 5 nitrogen and oxygen atoms in total. The van der Waals surface area contributed by atoms with E-state index < -0.39 is 0 Å². The number of aromatic amines is 1. The number of pyridine rings is 1. The molecule has 1 fully saturated rings. The second kappa shape index (κ2) is 5.15. The number of carbonyl (C=O) groups excluding carboxylic acids is 1. The number of H-pyrrole nitrogens is 1. The molecule has 2 aromatic heterocycles. The molecule has 2 aromatic rings. The highest BCUT2D eigenvalue weighted by molar-refractivity contribution is 5.89. The number of hydrogen-bond acceptors (Lipinski definition) is 3. The first-order valence-corrected chi connectivity index (χ1v) is 7.12. The zero-order valence-electron chi connectivity index (χ0n) is 12.0. The predicted molar refractivity (Wildman–Crippen MR) is 81.8 cm³/mol. The van der Waals surface area contributed by atoms with Gasteiger partial charge in [-0.1, -0.05) is 13.8 Å². The number of carbonyl (C=O) groups is 1. The molecule has 5 heteroatoms. The maximum Gasteiger partial charge on any atom is 0.225 e. The third-order valence-electron chi connectivity index (χ3n) is 3.84. The molecule has 0 spiro atoms.